The monoisotopic (exact) mass is 272 g/mol. The number of methoxy groups -OCH3 is 1. The maximum atomic E-state index is 12.9. The average molecular weight is 273 g/mol. The van der Waals surface area contributed by atoms with Crippen LogP contribution in [0.1, 0.15) is 5.56 Å². The van der Waals surface area contributed by atoms with Gasteiger partial charge in [0, 0.05) is 0 Å². The second-order valence-corrected chi connectivity index (χ2v) is 3.29. The van der Waals surface area contributed by atoms with Crippen LogP contribution < -0.4 is 4.74 Å². The lowest BCUT2D eigenvalue weighted by Crippen LogP contribution is -2.10. The van der Waals surface area contributed by atoms with Gasteiger partial charge in [-0.25, -0.2) is 4.39 Å². The van der Waals surface area contributed by atoms with Crippen LogP contribution in [0.4, 0.5) is 17.6 Å². The lowest BCUT2D eigenvalue weighted by molar-refractivity contribution is -0.141. The van der Waals surface area contributed by atoms with E-state index in [0.717, 1.165) is 19.2 Å². The van der Waals surface area contributed by atoms with Crippen LogP contribution in [-0.4, -0.2) is 7.11 Å². The number of rotatable bonds is 1. The standard InChI is InChI=1S/C8H5BrF4O/c1-14-7-4(9)2-3-5(10)6(7)8(11,12)13/h2-3H,1H3. The third-order valence-corrected chi connectivity index (χ3v) is 2.17. The van der Waals surface area contributed by atoms with Gasteiger partial charge in [0.05, 0.1) is 11.6 Å². The maximum Gasteiger partial charge on any atom is 0.422 e. The van der Waals surface area contributed by atoms with Crippen molar-refractivity contribution in [1.82, 2.24) is 0 Å². The maximum absolute atomic E-state index is 12.9. The van der Waals surface area contributed by atoms with Gasteiger partial charge in [0.25, 0.3) is 0 Å². The first-order valence-corrected chi connectivity index (χ1v) is 4.26. The fraction of sp³-hybridized carbons (Fsp3) is 0.250. The van der Waals surface area contributed by atoms with Crippen LogP contribution in [0.15, 0.2) is 16.6 Å². The topological polar surface area (TPSA) is 9.23 Å². The second-order valence-electron chi connectivity index (χ2n) is 2.44. The van der Waals surface area contributed by atoms with Crippen molar-refractivity contribution < 1.29 is 22.3 Å². The zero-order chi connectivity index (χ0) is 10.9. The third kappa shape index (κ3) is 2.00. The molecule has 1 rings (SSSR count). The summed E-state index contributed by atoms with van der Waals surface area (Å²) in [6.07, 6.45) is -4.76. The van der Waals surface area contributed by atoms with E-state index in [9.17, 15) is 17.6 Å². The molecule has 0 aromatic heterocycles. The number of hydrogen-bond donors (Lipinski definition) is 0. The van der Waals surface area contributed by atoms with Crippen molar-refractivity contribution in [3.05, 3.63) is 28.0 Å². The fourth-order valence-electron chi connectivity index (χ4n) is 0.997. The van der Waals surface area contributed by atoms with Crippen molar-refractivity contribution in [2.24, 2.45) is 0 Å². The van der Waals surface area contributed by atoms with Crippen LogP contribution >= 0.6 is 15.9 Å². The summed E-state index contributed by atoms with van der Waals surface area (Å²) in [5.74, 6) is -1.89. The highest BCUT2D eigenvalue weighted by Crippen LogP contribution is 2.41. The molecule has 0 aliphatic heterocycles. The Balaban J connectivity index is 3.46. The summed E-state index contributed by atoms with van der Waals surface area (Å²) in [6, 6.07) is 1.89. The normalized spacial score (nSPS) is 11.6. The molecular formula is C8H5BrF4O. The summed E-state index contributed by atoms with van der Waals surface area (Å²) >= 11 is 2.84. The highest BCUT2D eigenvalue weighted by molar-refractivity contribution is 9.10. The Kier molecular flexibility index (Phi) is 3.04. The van der Waals surface area contributed by atoms with Crippen LogP contribution in [-0.2, 0) is 6.18 Å². The lowest BCUT2D eigenvalue weighted by Gasteiger charge is -2.13. The Labute approximate surface area is 85.8 Å². The third-order valence-electron chi connectivity index (χ3n) is 1.55. The molecule has 0 amide bonds. The van der Waals surface area contributed by atoms with Gasteiger partial charge in [-0.1, -0.05) is 0 Å². The predicted octanol–water partition coefficient (Wildman–Crippen LogP) is 3.62. The van der Waals surface area contributed by atoms with E-state index >= 15 is 0 Å². The molecule has 0 radical (unpaired) electrons. The summed E-state index contributed by atoms with van der Waals surface area (Å²) in [6.45, 7) is 0. The molecular weight excluding hydrogens is 268 g/mol. The molecule has 0 aliphatic rings. The molecule has 0 fully saturated rings. The molecule has 78 valence electrons. The first kappa shape index (κ1) is 11.3. The molecule has 0 heterocycles. The summed E-state index contributed by atoms with van der Waals surface area (Å²) < 4.78 is 54.4. The van der Waals surface area contributed by atoms with Crippen LogP contribution in [0.2, 0.25) is 0 Å². The van der Waals surface area contributed by atoms with Gasteiger partial charge >= 0.3 is 6.18 Å². The van der Waals surface area contributed by atoms with E-state index in [4.69, 9.17) is 0 Å². The fourth-order valence-corrected chi connectivity index (χ4v) is 1.49. The van der Waals surface area contributed by atoms with Gasteiger partial charge < -0.3 is 4.74 Å². The van der Waals surface area contributed by atoms with E-state index in [1.165, 1.54) is 0 Å². The zero-order valence-corrected chi connectivity index (χ0v) is 8.54. The molecule has 1 aromatic rings. The van der Waals surface area contributed by atoms with E-state index < -0.39 is 23.3 Å². The first-order chi connectivity index (χ1) is 6.38. The minimum absolute atomic E-state index is 0.0636. The number of benzene rings is 1. The van der Waals surface area contributed by atoms with Gasteiger partial charge in [-0.05, 0) is 28.1 Å². The molecule has 0 bridgehead atoms. The van der Waals surface area contributed by atoms with Gasteiger partial charge in [-0.15, -0.1) is 0 Å². The summed E-state index contributed by atoms with van der Waals surface area (Å²) in [4.78, 5) is 0. The van der Waals surface area contributed by atoms with Crippen LogP contribution in [0.5, 0.6) is 5.75 Å². The van der Waals surface area contributed by atoms with Gasteiger partial charge in [0.2, 0.25) is 0 Å². The van der Waals surface area contributed by atoms with Crippen molar-refractivity contribution in [2.45, 2.75) is 6.18 Å². The van der Waals surface area contributed by atoms with Crippen molar-refractivity contribution in [1.29, 1.82) is 0 Å². The van der Waals surface area contributed by atoms with Crippen molar-refractivity contribution in [2.75, 3.05) is 7.11 Å². The van der Waals surface area contributed by atoms with Crippen molar-refractivity contribution >= 4 is 15.9 Å². The van der Waals surface area contributed by atoms with Crippen molar-refractivity contribution in [3.63, 3.8) is 0 Å². The smallest absolute Gasteiger partial charge is 0.422 e. The quantitative estimate of drug-likeness (QED) is 0.710. The van der Waals surface area contributed by atoms with Crippen LogP contribution in [0.3, 0.4) is 0 Å². The molecule has 0 saturated carbocycles. The number of ether oxygens (including phenoxy) is 1. The van der Waals surface area contributed by atoms with E-state index in [2.05, 4.69) is 20.7 Å². The van der Waals surface area contributed by atoms with E-state index in [-0.39, 0.29) is 4.47 Å². The minimum Gasteiger partial charge on any atom is -0.495 e. The van der Waals surface area contributed by atoms with Crippen molar-refractivity contribution in [3.8, 4) is 5.75 Å². The Bertz CT molecular complexity index is 348. The summed E-state index contributed by atoms with van der Waals surface area (Å²) in [5, 5.41) is 0. The van der Waals surface area contributed by atoms with Gasteiger partial charge in [0.15, 0.2) is 0 Å². The number of alkyl halides is 3. The SMILES string of the molecule is COc1c(Br)ccc(F)c1C(F)(F)F. The molecule has 14 heavy (non-hydrogen) atoms. The Hall–Kier alpha value is -0.780. The Morgan fingerprint density at radius 1 is 1.29 bits per heavy atom. The molecule has 1 aromatic carbocycles. The predicted molar refractivity (Wildman–Crippen MR) is 45.7 cm³/mol. The summed E-state index contributed by atoms with van der Waals surface area (Å²) in [5.41, 5.74) is -1.39. The van der Waals surface area contributed by atoms with Crippen LogP contribution in [0, 0.1) is 5.82 Å². The van der Waals surface area contributed by atoms with Crippen LogP contribution in [0.25, 0.3) is 0 Å². The molecule has 0 aliphatic carbocycles. The molecule has 0 spiro atoms. The Morgan fingerprint density at radius 2 is 1.86 bits per heavy atom. The highest BCUT2D eigenvalue weighted by Gasteiger charge is 2.38. The lowest BCUT2D eigenvalue weighted by atomic mass is 10.2. The van der Waals surface area contributed by atoms with E-state index in [1.54, 1.807) is 0 Å². The molecule has 0 atom stereocenters. The Morgan fingerprint density at radius 3 is 2.21 bits per heavy atom. The highest BCUT2D eigenvalue weighted by atomic mass is 79.9. The molecule has 0 saturated heterocycles. The molecule has 6 heteroatoms. The van der Waals surface area contributed by atoms with E-state index in [0.29, 0.717) is 0 Å². The summed E-state index contributed by atoms with van der Waals surface area (Å²) in [7, 11) is 1.05. The molecule has 1 nitrogen and oxygen atoms in total. The number of hydrogen-bond acceptors (Lipinski definition) is 1. The largest absolute Gasteiger partial charge is 0.495 e. The zero-order valence-electron chi connectivity index (χ0n) is 6.95. The van der Waals surface area contributed by atoms with E-state index in [1.807, 2.05) is 0 Å². The van der Waals surface area contributed by atoms with Gasteiger partial charge in [-0.3, -0.25) is 0 Å². The van der Waals surface area contributed by atoms with Gasteiger partial charge in [0.1, 0.15) is 17.1 Å². The van der Waals surface area contributed by atoms with Gasteiger partial charge in [-0.2, -0.15) is 13.2 Å². The molecule has 0 N–H and O–H groups in total. The molecule has 0 unspecified atom stereocenters. The first-order valence-electron chi connectivity index (χ1n) is 3.47. The number of halogens is 5. The minimum atomic E-state index is -4.76. The average Bonchev–Trinajstić information content (AvgIpc) is 2.06. The second kappa shape index (κ2) is 3.76.